The van der Waals surface area contributed by atoms with Crippen LogP contribution in [0.5, 0.6) is 0 Å². The lowest BCUT2D eigenvalue weighted by molar-refractivity contribution is 0.306. The molecule has 18 heavy (non-hydrogen) atoms. The number of hydrogen-bond acceptors (Lipinski definition) is 2. The van der Waals surface area contributed by atoms with Gasteiger partial charge in [0.15, 0.2) is 0 Å². The Labute approximate surface area is 111 Å². The quantitative estimate of drug-likeness (QED) is 0.847. The van der Waals surface area contributed by atoms with E-state index in [1.54, 1.807) is 0 Å². The minimum absolute atomic E-state index is 0.110. The van der Waals surface area contributed by atoms with Gasteiger partial charge in [-0.15, -0.1) is 0 Å². The summed E-state index contributed by atoms with van der Waals surface area (Å²) in [6, 6.07) is 5.48. The van der Waals surface area contributed by atoms with Crippen molar-refractivity contribution in [2.24, 2.45) is 0 Å². The fourth-order valence-corrected chi connectivity index (χ4v) is 3.22. The van der Waals surface area contributed by atoms with Gasteiger partial charge in [-0.2, -0.15) is 0 Å². The molecule has 1 atom stereocenters. The minimum atomic E-state index is 0.110. The van der Waals surface area contributed by atoms with Crippen molar-refractivity contribution in [1.29, 1.82) is 0 Å². The van der Waals surface area contributed by atoms with E-state index >= 15 is 0 Å². The van der Waals surface area contributed by atoms with E-state index in [1.165, 1.54) is 25.7 Å². The normalized spacial score (nSPS) is 19.3. The third-order valence-corrected chi connectivity index (χ3v) is 4.10. The van der Waals surface area contributed by atoms with Gasteiger partial charge in [-0.3, -0.25) is 0 Å². The lowest BCUT2D eigenvalue weighted by atomic mass is 9.83. The van der Waals surface area contributed by atoms with Crippen molar-refractivity contribution in [3.05, 3.63) is 23.7 Å². The summed E-state index contributed by atoms with van der Waals surface area (Å²) in [6.45, 7) is 8.87. The molecular formula is C16H27NO. The van der Waals surface area contributed by atoms with Crippen molar-refractivity contribution in [2.45, 2.75) is 77.3 Å². The SMILES string of the molecule is Cc1ccc(C(C)(C)C[C@@H](C)NC2CCCC2)o1. The Morgan fingerprint density at radius 1 is 1.33 bits per heavy atom. The summed E-state index contributed by atoms with van der Waals surface area (Å²) in [6.07, 6.45) is 6.61. The fourth-order valence-electron chi connectivity index (χ4n) is 3.22. The molecule has 1 heterocycles. The van der Waals surface area contributed by atoms with E-state index in [1.807, 2.05) is 6.92 Å². The predicted octanol–water partition coefficient (Wildman–Crippen LogP) is 4.18. The van der Waals surface area contributed by atoms with Crippen LogP contribution in [0.1, 0.15) is 64.4 Å². The van der Waals surface area contributed by atoms with Crippen molar-refractivity contribution in [3.8, 4) is 0 Å². The lowest BCUT2D eigenvalue weighted by Crippen LogP contribution is -2.38. The van der Waals surface area contributed by atoms with Gasteiger partial charge in [0.05, 0.1) is 0 Å². The molecule has 1 aliphatic carbocycles. The van der Waals surface area contributed by atoms with Crippen molar-refractivity contribution < 1.29 is 4.42 Å². The second-order valence-electron chi connectivity index (χ2n) is 6.55. The van der Waals surface area contributed by atoms with Gasteiger partial charge in [0.2, 0.25) is 0 Å². The Morgan fingerprint density at radius 3 is 2.56 bits per heavy atom. The van der Waals surface area contributed by atoms with E-state index in [0.29, 0.717) is 6.04 Å². The second kappa shape index (κ2) is 5.48. The van der Waals surface area contributed by atoms with Gasteiger partial charge in [0, 0.05) is 17.5 Å². The average Bonchev–Trinajstić information content (AvgIpc) is 2.88. The molecule has 0 amide bonds. The molecule has 1 fully saturated rings. The Bertz CT molecular complexity index is 374. The molecule has 0 aliphatic heterocycles. The molecule has 0 spiro atoms. The summed E-state index contributed by atoms with van der Waals surface area (Å²) >= 11 is 0. The molecule has 1 aromatic heterocycles. The van der Waals surface area contributed by atoms with Crippen LogP contribution in [0.3, 0.4) is 0 Å². The minimum Gasteiger partial charge on any atom is -0.466 e. The first-order valence-electron chi connectivity index (χ1n) is 7.30. The van der Waals surface area contributed by atoms with E-state index in [2.05, 4.69) is 38.2 Å². The van der Waals surface area contributed by atoms with Crippen molar-refractivity contribution in [3.63, 3.8) is 0 Å². The van der Waals surface area contributed by atoms with E-state index in [0.717, 1.165) is 24.0 Å². The predicted molar refractivity (Wildman–Crippen MR) is 75.9 cm³/mol. The molecule has 1 N–H and O–H groups in total. The number of rotatable bonds is 5. The summed E-state index contributed by atoms with van der Waals surface area (Å²) in [7, 11) is 0. The van der Waals surface area contributed by atoms with Crippen LogP contribution in [0, 0.1) is 6.92 Å². The Kier molecular flexibility index (Phi) is 4.16. The average molecular weight is 249 g/mol. The first kappa shape index (κ1) is 13.7. The van der Waals surface area contributed by atoms with Gasteiger partial charge in [-0.1, -0.05) is 26.7 Å². The molecule has 0 aromatic carbocycles. The van der Waals surface area contributed by atoms with Gasteiger partial charge < -0.3 is 9.73 Å². The lowest BCUT2D eigenvalue weighted by Gasteiger charge is -2.28. The number of furan rings is 1. The summed E-state index contributed by atoms with van der Waals surface area (Å²) < 4.78 is 5.79. The smallest absolute Gasteiger partial charge is 0.109 e. The summed E-state index contributed by atoms with van der Waals surface area (Å²) in [5.41, 5.74) is 0.110. The van der Waals surface area contributed by atoms with Gasteiger partial charge in [0.1, 0.15) is 11.5 Å². The van der Waals surface area contributed by atoms with Gasteiger partial charge >= 0.3 is 0 Å². The van der Waals surface area contributed by atoms with Crippen LogP contribution in [0.25, 0.3) is 0 Å². The van der Waals surface area contributed by atoms with Crippen molar-refractivity contribution in [1.82, 2.24) is 5.32 Å². The molecule has 102 valence electrons. The highest BCUT2D eigenvalue weighted by Gasteiger charge is 2.28. The summed E-state index contributed by atoms with van der Waals surface area (Å²) in [4.78, 5) is 0. The van der Waals surface area contributed by atoms with Gasteiger partial charge in [0.25, 0.3) is 0 Å². The number of hydrogen-bond donors (Lipinski definition) is 1. The Hall–Kier alpha value is -0.760. The zero-order chi connectivity index (χ0) is 13.2. The molecular weight excluding hydrogens is 222 g/mol. The van der Waals surface area contributed by atoms with Gasteiger partial charge in [-0.05, 0) is 45.2 Å². The van der Waals surface area contributed by atoms with Gasteiger partial charge in [-0.25, -0.2) is 0 Å². The maximum absolute atomic E-state index is 5.79. The molecule has 0 saturated heterocycles. The van der Waals surface area contributed by atoms with Crippen LogP contribution >= 0.6 is 0 Å². The summed E-state index contributed by atoms with van der Waals surface area (Å²) in [5, 5.41) is 3.77. The van der Waals surface area contributed by atoms with E-state index in [-0.39, 0.29) is 5.41 Å². The first-order chi connectivity index (χ1) is 8.47. The maximum atomic E-state index is 5.79. The third-order valence-electron chi connectivity index (χ3n) is 4.10. The highest BCUT2D eigenvalue weighted by molar-refractivity contribution is 5.15. The van der Waals surface area contributed by atoms with Crippen LogP contribution in [0.2, 0.25) is 0 Å². The Morgan fingerprint density at radius 2 is 2.00 bits per heavy atom. The number of nitrogens with one attached hydrogen (secondary N) is 1. The molecule has 2 heteroatoms. The molecule has 1 aliphatic rings. The summed E-state index contributed by atoms with van der Waals surface area (Å²) in [5.74, 6) is 2.12. The second-order valence-corrected chi connectivity index (χ2v) is 6.55. The van der Waals surface area contributed by atoms with E-state index in [4.69, 9.17) is 4.42 Å². The maximum Gasteiger partial charge on any atom is 0.109 e. The fraction of sp³-hybridized carbons (Fsp3) is 0.750. The van der Waals surface area contributed by atoms with E-state index in [9.17, 15) is 0 Å². The molecule has 2 nitrogen and oxygen atoms in total. The van der Waals surface area contributed by atoms with Crippen molar-refractivity contribution in [2.75, 3.05) is 0 Å². The molecule has 0 unspecified atom stereocenters. The zero-order valence-electron chi connectivity index (χ0n) is 12.3. The third kappa shape index (κ3) is 3.38. The molecule has 0 bridgehead atoms. The molecule has 0 radical (unpaired) electrons. The van der Waals surface area contributed by atoms with Crippen LogP contribution in [0.15, 0.2) is 16.5 Å². The Balaban J connectivity index is 1.90. The highest BCUT2D eigenvalue weighted by atomic mass is 16.3. The largest absolute Gasteiger partial charge is 0.466 e. The molecule has 1 aromatic rings. The van der Waals surface area contributed by atoms with Crippen LogP contribution < -0.4 is 5.32 Å². The van der Waals surface area contributed by atoms with Crippen LogP contribution in [0.4, 0.5) is 0 Å². The topological polar surface area (TPSA) is 25.2 Å². The first-order valence-corrected chi connectivity index (χ1v) is 7.30. The monoisotopic (exact) mass is 249 g/mol. The highest BCUT2D eigenvalue weighted by Crippen LogP contribution is 2.30. The molecule has 1 saturated carbocycles. The standard InChI is InChI=1S/C16H27NO/c1-12(17-14-7-5-6-8-14)11-16(3,4)15-10-9-13(2)18-15/h9-10,12,14,17H,5-8,11H2,1-4H3/t12-/m1/s1. The molecule has 2 rings (SSSR count). The van der Waals surface area contributed by atoms with Crippen LogP contribution in [-0.4, -0.2) is 12.1 Å². The van der Waals surface area contributed by atoms with Crippen molar-refractivity contribution >= 4 is 0 Å². The van der Waals surface area contributed by atoms with E-state index < -0.39 is 0 Å². The number of aryl methyl sites for hydroxylation is 1. The zero-order valence-corrected chi connectivity index (χ0v) is 12.3. The van der Waals surface area contributed by atoms with Crippen LogP contribution in [-0.2, 0) is 5.41 Å².